The Hall–Kier alpha value is -1.96. The quantitative estimate of drug-likeness (QED) is 0.819. The van der Waals surface area contributed by atoms with Gasteiger partial charge in [-0.1, -0.05) is 37.3 Å². The Morgan fingerprint density at radius 3 is 2.20 bits per heavy atom. The molecule has 0 unspecified atom stereocenters. The van der Waals surface area contributed by atoms with Crippen molar-refractivity contribution >= 4 is 11.4 Å². The minimum absolute atomic E-state index is 0.854. The van der Waals surface area contributed by atoms with E-state index in [1.165, 1.54) is 16.7 Å². The van der Waals surface area contributed by atoms with E-state index in [1.54, 1.807) is 0 Å². The first-order valence-corrected chi connectivity index (χ1v) is 7.28. The highest BCUT2D eigenvalue weighted by molar-refractivity contribution is 5.67. The summed E-state index contributed by atoms with van der Waals surface area (Å²) in [7, 11) is 0. The molecule has 0 aromatic heterocycles. The number of benzene rings is 2. The van der Waals surface area contributed by atoms with Crippen molar-refractivity contribution in [1.29, 1.82) is 0 Å². The van der Waals surface area contributed by atoms with E-state index in [1.807, 2.05) is 12.1 Å². The molecule has 2 nitrogen and oxygen atoms in total. The number of anilines is 2. The normalized spacial score (nSPS) is 10.6. The average Bonchev–Trinajstić information content (AvgIpc) is 2.43. The monoisotopic (exact) mass is 268 g/mol. The van der Waals surface area contributed by atoms with Gasteiger partial charge in [-0.15, -0.1) is 0 Å². The van der Waals surface area contributed by atoms with Crippen molar-refractivity contribution in [2.45, 2.75) is 33.7 Å². The van der Waals surface area contributed by atoms with Gasteiger partial charge in [-0.3, -0.25) is 0 Å². The van der Waals surface area contributed by atoms with E-state index in [4.69, 9.17) is 5.73 Å². The number of hydrogen-bond acceptors (Lipinski definition) is 2. The largest absolute Gasteiger partial charge is 0.397 e. The minimum Gasteiger partial charge on any atom is -0.397 e. The Morgan fingerprint density at radius 2 is 1.60 bits per heavy atom. The van der Waals surface area contributed by atoms with Gasteiger partial charge in [-0.25, -0.2) is 0 Å². The van der Waals surface area contributed by atoms with Gasteiger partial charge in [0, 0.05) is 13.1 Å². The van der Waals surface area contributed by atoms with Crippen LogP contribution in [0.3, 0.4) is 0 Å². The van der Waals surface area contributed by atoms with E-state index >= 15 is 0 Å². The predicted molar refractivity (Wildman–Crippen MR) is 88.1 cm³/mol. The fraction of sp³-hybridized carbons (Fsp3) is 0.333. The highest BCUT2D eigenvalue weighted by Crippen LogP contribution is 2.26. The Balaban J connectivity index is 2.33. The number of aryl methyl sites for hydroxylation is 2. The first-order valence-electron chi connectivity index (χ1n) is 7.28. The third-order valence-corrected chi connectivity index (χ3v) is 3.76. The van der Waals surface area contributed by atoms with Gasteiger partial charge >= 0.3 is 0 Å². The molecule has 2 aromatic carbocycles. The summed E-state index contributed by atoms with van der Waals surface area (Å²) < 4.78 is 0. The zero-order valence-corrected chi connectivity index (χ0v) is 12.7. The predicted octanol–water partition coefficient (Wildman–Crippen LogP) is 4.30. The smallest absolute Gasteiger partial charge is 0.0602 e. The molecular formula is C18H24N2. The Bertz CT molecular complexity index is 555. The molecule has 0 saturated carbocycles. The lowest BCUT2D eigenvalue weighted by atomic mass is 10.0. The fourth-order valence-electron chi connectivity index (χ4n) is 2.62. The first-order chi connectivity index (χ1) is 9.63. The molecule has 0 aliphatic heterocycles. The van der Waals surface area contributed by atoms with Crippen molar-refractivity contribution in [3.8, 4) is 0 Å². The molecule has 20 heavy (non-hydrogen) atoms. The number of rotatable bonds is 5. The maximum atomic E-state index is 6.14. The van der Waals surface area contributed by atoms with E-state index in [9.17, 15) is 0 Å². The van der Waals surface area contributed by atoms with Crippen molar-refractivity contribution in [2.75, 3.05) is 17.2 Å². The number of nitrogens with zero attached hydrogens (tertiary/aromatic N) is 1. The van der Waals surface area contributed by atoms with E-state index in [0.717, 1.165) is 30.9 Å². The molecule has 0 spiro atoms. The van der Waals surface area contributed by atoms with Crippen molar-refractivity contribution < 1.29 is 0 Å². The van der Waals surface area contributed by atoms with Crippen LogP contribution in [0.1, 0.15) is 30.0 Å². The van der Waals surface area contributed by atoms with Gasteiger partial charge in [-0.2, -0.15) is 0 Å². The van der Waals surface area contributed by atoms with E-state index in [2.05, 4.69) is 56.0 Å². The molecule has 0 aliphatic rings. The zero-order chi connectivity index (χ0) is 14.5. The summed E-state index contributed by atoms with van der Waals surface area (Å²) in [4.78, 5) is 2.38. The molecule has 2 N–H and O–H groups in total. The SMILES string of the molecule is CCCN(Cc1c(C)cccc1C)c1ccccc1N. The van der Waals surface area contributed by atoms with Crippen molar-refractivity contribution in [3.63, 3.8) is 0 Å². The molecular weight excluding hydrogens is 244 g/mol. The van der Waals surface area contributed by atoms with Crippen molar-refractivity contribution in [1.82, 2.24) is 0 Å². The number of nitrogens with two attached hydrogens (primary N) is 1. The van der Waals surface area contributed by atoms with Crippen LogP contribution < -0.4 is 10.6 Å². The van der Waals surface area contributed by atoms with Crippen LogP contribution in [-0.2, 0) is 6.54 Å². The molecule has 0 atom stereocenters. The summed E-state index contributed by atoms with van der Waals surface area (Å²) in [5.74, 6) is 0. The highest BCUT2D eigenvalue weighted by Gasteiger charge is 2.12. The molecule has 0 saturated heterocycles. The topological polar surface area (TPSA) is 29.3 Å². The second-order valence-electron chi connectivity index (χ2n) is 5.35. The second kappa shape index (κ2) is 6.47. The Morgan fingerprint density at radius 1 is 0.950 bits per heavy atom. The second-order valence-corrected chi connectivity index (χ2v) is 5.35. The van der Waals surface area contributed by atoms with Gasteiger partial charge in [-0.05, 0) is 49.1 Å². The van der Waals surface area contributed by atoms with E-state index < -0.39 is 0 Å². The van der Waals surface area contributed by atoms with Gasteiger partial charge in [0.1, 0.15) is 0 Å². The van der Waals surface area contributed by atoms with Gasteiger partial charge in [0.15, 0.2) is 0 Å². The molecule has 0 amide bonds. The summed E-state index contributed by atoms with van der Waals surface area (Å²) in [5.41, 5.74) is 12.2. The summed E-state index contributed by atoms with van der Waals surface area (Å²) in [6.45, 7) is 8.50. The lowest BCUT2D eigenvalue weighted by Crippen LogP contribution is -2.25. The van der Waals surface area contributed by atoms with Crippen LogP contribution in [0.25, 0.3) is 0 Å². The summed E-state index contributed by atoms with van der Waals surface area (Å²) >= 11 is 0. The van der Waals surface area contributed by atoms with Gasteiger partial charge in [0.25, 0.3) is 0 Å². The third-order valence-electron chi connectivity index (χ3n) is 3.76. The standard InChI is InChI=1S/C18H24N2/c1-4-12-20(18-11-6-5-10-17(18)19)13-16-14(2)8-7-9-15(16)3/h5-11H,4,12-13,19H2,1-3H3. The molecule has 2 heteroatoms. The fourth-order valence-corrected chi connectivity index (χ4v) is 2.62. The maximum absolute atomic E-state index is 6.14. The lowest BCUT2D eigenvalue weighted by Gasteiger charge is -2.27. The Kier molecular flexibility index (Phi) is 4.67. The first kappa shape index (κ1) is 14.4. The summed E-state index contributed by atoms with van der Waals surface area (Å²) in [5, 5.41) is 0. The van der Waals surface area contributed by atoms with E-state index in [0.29, 0.717) is 0 Å². The summed E-state index contributed by atoms with van der Waals surface area (Å²) in [6, 6.07) is 14.6. The third kappa shape index (κ3) is 3.13. The Labute approximate surface area is 122 Å². The maximum Gasteiger partial charge on any atom is 0.0602 e. The molecule has 0 fully saturated rings. The zero-order valence-electron chi connectivity index (χ0n) is 12.7. The van der Waals surface area contributed by atoms with Gasteiger partial charge in [0.05, 0.1) is 11.4 Å². The molecule has 2 rings (SSSR count). The van der Waals surface area contributed by atoms with Crippen LogP contribution in [-0.4, -0.2) is 6.54 Å². The molecule has 0 bridgehead atoms. The minimum atomic E-state index is 0.854. The van der Waals surface area contributed by atoms with Crippen LogP contribution in [0.4, 0.5) is 11.4 Å². The lowest BCUT2D eigenvalue weighted by molar-refractivity contribution is 0.763. The molecule has 2 aromatic rings. The number of para-hydroxylation sites is 2. The van der Waals surface area contributed by atoms with Crippen LogP contribution in [0.2, 0.25) is 0 Å². The number of hydrogen-bond donors (Lipinski definition) is 1. The van der Waals surface area contributed by atoms with Gasteiger partial charge in [0.2, 0.25) is 0 Å². The van der Waals surface area contributed by atoms with Crippen molar-refractivity contribution in [2.24, 2.45) is 0 Å². The van der Waals surface area contributed by atoms with Crippen LogP contribution in [0.5, 0.6) is 0 Å². The molecule has 0 radical (unpaired) electrons. The molecule has 0 aliphatic carbocycles. The van der Waals surface area contributed by atoms with E-state index in [-0.39, 0.29) is 0 Å². The summed E-state index contributed by atoms with van der Waals surface area (Å²) in [6.07, 6.45) is 1.11. The molecule has 106 valence electrons. The van der Waals surface area contributed by atoms with Gasteiger partial charge < -0.3 is 10.6 Å². The van der Waals surface area contributed by atoms with Crippen LogP contribution >= 0.6 is 0 Å². The average molecular weight is 268 g/mol. The highest BCUT2D eigenvalue weighted by atomic mass is 15.1. The van der Waals surface area contributed by atoms with Crippen LogP contribution in [0.15, 0.2) is 42.5 Å². The van der Waals surface area contributed by atoms with Crippen LogP contribution in [0, 0.1) is 13.8 Å². The molecule has 0 heterocycles. The van der Waals surface area contributed by atoms with Crippen molar-refractivity contribution in [3.05, 3.63) is 59.2 Å². The number of nitrogen functional groups attached to an aromatic ring is 1.